The van der Waals surface area contributed by atoms with Gasteiger partial charge in [0.2, 0.25) is 0 Å². The van der Waals surface area contributed by atoms with Crippen molar-refractivity contribution in [3.8, 4) is 0 Å². The summed E-state index contributed by atoms with van der Waals surface area (Å²) in [5.41, 5.74) is 1.13. The van der Waals surface area contributed by atoms with Crippen LogP contribution in [0.3, 0.4) is 0 Å². The van der Waals surface area contributed by atoms with Crippen LogP contribution in [0.2, 0.25) is 10.0 Å². The molecule has 96 valence electrons. The number of carbonyl (C=O) groups excluding carboxylic acids is 1. The number of likely N-dealkylation sites (tertiary alicyclic amines) is 1. The number of halogens is 2. The van der Waals surface area contributed by atoms with Gasteiger partial charge in [-0.25, -0.2) is 0 Å². The average Bonchev–Trinajstić information content (AvgIpc) is 2.41. The van der Waals surface area contributed by atoms with Crippen LogP contribution in [0.25, 0.3) is 0 Å². The number of carbonyl (C=O) groups is 1. The molecule has 1 N–H and O–H groups in total. The Hall–Kier alpha value is -1.26. The summed E-state index contributed by atoms with van der Waals surface area (Å²) in [7, 11) is 0. The Balaban J connectivity index is 2.15. The molecule has 0 aliphatic carbocycles. The van der Waals surface area contributed by atoms with E-state index < -0.39 is 0 Å². The molecule has 1 amide bonds. The van der Waals surface area contributed by atoms with E-state index in [1.807, 2.05) is 0 Å². The average molecular weight is 287 g/mol. The van der Waals surface area contributed by atoms with E-state index in [0.29, 0.717) is 41.5 Å². The molecule has 6 heteroatoms. The fourth-order valence-corrected chi connectivity index (χ4v) is 2.27. The first-order chi connectivity index (χ1) is 8.61. The van der Waals surface area contributed by atoms with Gasteiger partial charge in [-0.3, -0.25) is 4.79 Å². The number of amides is 1. The highest BCUT2D eigenvalue weighted by Crippen LogP contribution is 2.23. The van der Waals surface area contributed by atoms with Crippen LogP contribution in [0, 0.1) is 0 Å². The third kappa shape index (κ3) is 2.76. The minimum absolute atomic E-state index is 0.139. The maximum Gasteiger partial charge on any atom is 0.255 e. The van der Waals surface area contributed by atoms with Crippen LogP contribution in [0.4, 0.5) is 0 Å². The molecule has 1 aromatic rings. The van der Waals surface area contributed by atoms with Crippen molar-refractivity contribution >= 4 is 34.8 Å². The van der Waals surface area contributed by atoms with Crippen molar-refractivity contribution in [3.05, 3.63) is 33.8 Å². The minimum atomic E-state index is -0.139. The molecular formula is C12H12Cl2N2O2. The highest BCUT2D eigenvalue weighted by atomic mass is 35.5. The maximum atomic E-state index is 12.2. The Morgan fingerprint density at radius 1 is 1.28 bits per heavy atom. The molecule has 0 aromatic heterocycles. The third-order valence-corrected chi connectivity index (χ3v) is 3.49. The van der Waals surface area contributed by atoms with Crippen LogP contribution in [-0.4, -0.2) is 34.8 Å². The van der Waals surface area contributed by atoms with Gasteiger partial charge in [0.05, 0.1) is 16.3 Å². The normalized spacial score (nSPS) is 15.7. The van der Waals surface area contributed by atoms with Gasteiger partial charge in [-0.05, 0) is 18.2 Å². The number of benzene rings is 1. The summed E-state index contributed by atoms with van der Waals surface area (Å²) in [5.74, 6) is -0.139. The van der Waals surface area contributed by atoms with Gasteiger partial charge in [-0.2, -0.15) is 0 Å². The fraction of sp³-hybridized carbons (Fsp3) is 0.333. The lowest BCUT2D eigenvalue weighted by Crippen LogP contribution is -2.38. The van der Waals surface area contributed by atoms with Crippen LogP contribution in [0.15, 0.2) is 23.4 Å². The molecule has 18 heavy (non-hydrogen) atoms. The fourth-order valence-electron chi connectivity index (χ4n) is 1.90. The standard InChI is InChI=1S/C12H12Cl2N2O2/c13-8-1-2-11(14)10(7-8)12(17)16-5-3-9(15-18)4-6-16/h1-2,7,18H,3-6H2. The Morgan fingerprint density at radius 3 is 2.56 bits per heavy atom. The van der Waals surface area contributed by atoms with Crippen LogP contribution in [0.5, 0.6) is 0 Å². The molecule has 4 nitrogen and oxygen atoms in total. The number of oxime groups is 1. The van der Waals surface area contributed by atoms with Crippen molar-refractivity contribution in [1.29, 1.82) is 0 Å². The second-order valence-corrected chi connectivity index (χ2v) is 4.93. The zero-order valence-electron chi connectivity index (χ0n) is 9.57. The summed E-state index contributed by atoms with van der Waals surface area (Å²) in [6, 6.07) is 4.83. The van der Waals surface area contributed by atoms with Gasteiger partial charge in [-0.1, -0.05) is 28.4 Å². The quantitative estimate of drug-likeness (QED) is 0.637. The smallest absolute Gasteiger partial charge is 0.255 e. The summed E-state index contributed by atoms with van der Waals surface area (Å²) >= 11 is 11.9. The molecular weight excluding hydrogens is 275 g/mol. The topological polar surface area (TPSA) is 52.9 Å². The van der Waals surface area contributed by atoms with Gasteiger partial charge in [-0.15, -0.1) is 0 Å². The van der Waals surface area contributed by atoms with Crippen molar-refractivity contribution in [1.82, 2.24) is 4.90 Å². The molecule has 1 fully saturated rings. The molecule has 0 atom stereocenters. The molecule has 0 spiro atoms. The van der Waals surface area contributed by atoms with E-state index in [-0.39, 0.29) is 5.91 Å². The Labute approximate surface area is 115 Å². The van der Waals surface area contributed by atoms with E-state index in [9.17, 15) is 4.79 Å². The van der Waals surface area contributed by atoms with Crippen molar-refractivity contribution in [2.75, 3.05) is 13.1 Å². The maximum absolute atomic E-state index is 12.2. The van der Waals surface area contributed by atoms with Gasteiger partial charge in [0.1, 0.15) is 0 Å². The first-order valence-electron chi connectivity index (χ1n) is 5.56. The SMILES string of the molecule is O=C(c1cc(Cl)ccc1Cl)N1CCC(=NO)CC1. The Bertz CT molecular complexity index is 493. The van der Waals surface area contributed by atoms with Gasteiger partial charge in [0.25, 0.3) is 5.91 Å². The molecule has 0 bridgehead atoms. The first kappa shape index (κ1) is 13.2. The van der Waals surface area contributed by atoms with Crippen molar-refractivity contribution in [3.63, 3.8) is 0 Å². The lowest BCUT2D eigenvalue weighted by atomic mass is 10.1. The molecule has 2 rings (SSSR count). The largest absolute Gasteiger partial charge is 0.411 e. The lowest BCUT2D eigenvalue weighted by molar-refractivity contribution is 0.0754. The third-order valence-electron chi connectivity index (χ3n) is 2.93. The van der Waals surface area contributed by atoms with Gasteiger partial charge in [0, 0.05) is 31.0 Å². The molecule has 1 aromatic carbocycles. The van der Waals surface area contributed by atoms with E-state index >= 15 is 0 Å². The number of hydrogen-bond acceptors (Lipinski definition) is 3. The molecule has 1 aliphatic rings. The van der Waals surface area contributed by atoms with Gasteiger partial charge >= 0.3 is 0 Å². The van der Waals surface area contributed by atoms with Crippen molar-refractivity contribution in [2.24, 2.45) is 5.16 Å². The van der Waals surface area contributed by atoms with Crippen molar-refractivity contribution in [2.45, 2.75) is 12.8 Å². The molecule has 1 aliphatic heterocycles. The summed E-state index contributed by atoms with van der Waals surface area (Å²) in [4.78, 5) is 13.9. The Kier molecular flexibility index (Phi) is 4.09. The lowest BCUT2D eigenvalue weighted by Gasteiger charge is -2.27. The summed E-state index contributed by atoms with van der Waals surface area (Å²) in [6.45, 7) is 1.06. The van der Waals surface area contributed by atoms with Crippen LogP contribution < -0.4 is 0 Å². The summed E-state index contributed by atoms with van der Waals surface area (Å²) < 4.78 is 0. The van der Waals surface area contributed by atoms with E-state index in [0.717, 1.165) is 5.71 Å². The molecule has 0 radical (unpaired) electrons. The molecule has 1 heterocycles. The van der Waals surface area contributed by atoms with E-state index in [2.05, 4.69) is 5.16 Å². The number of hydrogen-bond donors (Lipinski definition) is 1. The predicted octanol–water partition coefficient (Wildman–Crippen LogP) is 3.06. The van der Waals surface area contributed by atoms with Crippen LogP contribution >= 0.6 is 23.2 Å². The predicted molar refractivity (Wildman–Crippen MR) is 70.8 cm³/mol. The minimum Gasteiger partial charge on any atom is -0.411 e. The van der Waals surface area contributed by atoms with Crippen molar-refractivity contribution < 1.29 is 10.0 Å². The number of nitrogens with zero attached hydrogens (tertiary/aromatic N) is 2. The molecule has 1 saturated heterocycles. The Morgan fingerprint density at radius 2 is 1.94 bits per heavy atom. The monoisotopic (exact) mass is 286 g/mol. The van der Waals surface area contributed by atoms with E-state index in [1.165, 1.54) is 0 Å². The number of piperidine rings is 1. The zero-order chi connectivity index (χ0) is 13.1. The molecule has 0 saturated carbocycles. The van der Waals surface area contributed by atoms with Crippen LogP contribution in [-0.2, 0) is 0 Å². The summed E-state index contributed by atoms with van der Waals surface area (Å²) in [6.07, 6.45) is 1.17. The second-order valence-electron chi connectivity index (χ2n) is 4.08. The molecule has 0 unspecified atom stereocenters. The van der Waals surface area contributed by atoms with E-state index in [4.69, 9.17) is 28.4 Å². The van der Waals surface area contributed by atoms with Gasteiger partial charge < -0.3 is 10.1 Å². The highest BCUT2D eigenvalue weighted by molar-refractivity contribution is 6.35. The second kappa shape index (κ2) is 5.59. The summed E-state index contributed by atoms with van der Waals surface area (Å²) in [5, 5.41) is 12.7. The number of rotatable bonds is 1. The van der Waals surface area contributed by atoms with E-state index in [1.54, 1.807) is 23.1 Å². The first-order valence-corrected chi connectivity index (χ1v) is 6.31. The van der Waals surface area contributed by atoms with Crippen LogP contribution in [0.1, 0.15) is 23.2 Å². The van der Waals surface area contributed by atoms with Gasteiger partial charge in [0.15, 0.2) is 0 Å². The highest BCUT2D eigenvalue weighted by Gasteiger charge is 2.23. The zero-order valence-corrected chi connectivity index (χ0v) is 11.1.